The van der Waals surface area contributed by atoms with Crippen LogP contribution in [0.1, 0.15) is 0 Å². The maximum Gasteiger partial charge on any atom is 0.187 e. The Morgan fingerprint density at radius 2 is 1.55 bits per heavy atom. The summed E-state index contributed by atoms with van der Waals surface area (Å²) in [6, 6.07) is 0. The fourth-order valence-corrected chi connectivity index (χ4v) is 3.59. The summed E-state index contributed by atoms with van der Waals surface area (Å²) in [7, 11) is 1.52. The van der Waals surface area contributed by atoms with Gasteiger partial charge in [-0.1, -0.05) is 0 Å². The van der Waals surface area contributed by atoms with E-state index in [4.69, 9.17) is 4.74 Å². The molecule has 0 aromatic carbocycles. The summed E-state index contributed by atoms with van der Waals surface area (Å²) < 4.78 is 4.60. The predicted molar refractivity (Wildman–Crippen MR) is 56.3 cm³/mol. The Balaban J connectivity index is 4.26. The van der Waals surface area contributed by atoms with Crippen LogP contribution in [0.15, 0.2) is 0 Å². The fourth-order valence-electron chi connectivity index (χ4n) is 0.697. The number of hydrogen-bond acceptors (Lipinski definition) is 5. The monoisotopic (exact) mass is 214 g/mol. The molecule has 0 bridgehead atoms. The molecule has 0 spiro atoms. The zero-order valence-electron chi connectivity index (χ0n) is 7.16. The Hall–Kier alpha value is 0.970. The summed E-state index contributed by atoms with van der Waals surface area (Å²) in [5.74, 6) is 0. The number of rotatable bonds is 5. The number of aliphatic hydroxyl groups is 1. The molecule has 1 atom stereocenters. The molecular weight excluding hydrogens is 200 g/mol. The minimum atomic E-state index is -0.720. The molecule has 5 heteroatoms. The lowest BCUT2D eigenvalue weighted by molar-refractivity contribution is -0.0654. The maximum atomic E-state index is 9.48. The average Bonchev–Trinajstić information content (AvgIpc) is 2.08. The second-order valence-electron chi connectivity index (χ2n) is 1.80. The molecule has 11 heavy (non-hydrogen) atoms. The molecule has 0 aliphatic carbocycles. The molecule has 0 saturated carbocycles. The minimum absolute atomic E-state index is 0.283. The van der Waals surface area contributed by atoms with Gasteiger partial charge in [-0.3, -0.25) is 0 Å². The highest BCUT2D eigenvalue weighted by Gasteiger charge is 2.36. The van der Waals surface area contributed by atoms with Crippen molar-refractivity contribution in [3.63, 3.8) is 0 Å². The van der Waals surface area contributed by atoms with Crippen LogP contribution in [0.4, 0.5) is 0 Å². The third-order valence-corrected chi connectivity index (χ3v) is 6.69. The molecule has 0 aliphatic rings. The lowest BCUT2D eigenvalue weighted by atomic mass is 10.7. The van der Waals surface area contributed by atoms with E-state index >= 15 is 0 Å². The summed E-state index contributed by atoms with van der Waals surface area (Å²) in [6.07, 6.45) is 5.18. The lowest BCUT2D eigenvalue weighted by Gasteiger charge is -2.31. The van der Waals surface area contributed by atoms with E-state index in [2.05, 4.69) is 0 Å². The molecule has 0 rings (SSSR count). The molecule has 0 amide bonds. The van der Waals surface area contributed by atoms with Crippen LogP contribution in [-0.2, 0) is 4.74 Å². The second-order valence-corrected chi connectivity index (χ2v) is 5.74. The van der Waals surface area contributed by atoms with Crippen LogP contribution in [0.5, 0.6) is 0 Å². The number of hydrogen-bond donors (Lipinski definition) is 1. The van der Waals surface area contributed by atoms with E-state index in [1.165, 1.54) is 7.11 Å². The predicted octanol–water partition coefficient (Wildman–Crippen LogP) is 1.69. The largest absolute Gasteiger partial charge is 0.365 e. The van der Waals surface area contributed by atoms with Crippen LogP contribution in [0.2, 0.25) is 0 Å². The van der Waals surface area contributed by atoms with Crippen LogP contribution in [0, 0.1) is 0 Å². The van der Waals surface area contributed by atoms with E-state index in [9.17, 15) is 5.11 Å². The van der Waals surface area contributed by atoms with Crippen molar-refractivity contribution >= 4 is 35.3 Å². The van der Waals surface area contributed by atoms with Crippen molar-refractivity contribution < 1.29 is 9.84 Å². The van der Waals surface area contributed by atoms with Crippen LogP contribution in [0.25, 0.3) is 0 Å². The summed E-state index contributed by atoms with van der Waals surface area (Å²) in [5.41, 5.74) is 0. The van der Waals surface area contributed by atoms with Crippen molar-refractivity contribution in [2.45, 2.75) is 9.70 Å². The van der Waals surface area contributed by atoms with Gasteiger partial charge >= 0.3 is 0 Å². The SMILES string of the molecule is COC(O)C(SC)(SC)SC. The van der Waals surface area contributed by atoms with Gasteiger partial charge in [-0.2, -0.15) is 0 Å². The summed E-state index contributed by atoms with van der Waals surface area (Å²) >= 11 is 4.80. The van der Waals surface area contributed by atoms with Crippen LogP contribution in [-0.4, -0.2) is 40.7 Å². The first-order valence-corrected chi connectivity index (χ1v) is 6.70. The molecular formula is C6H14O2S3. The number of thioether (sulfide) groups is 3. The van der Waals surface area contributed by atoms with Gasteiger partial charge in [0.2, 0.25) is 0 Å². The van der Waals surface area contributed by atoms with E-state index in [0.717, 1.165) is 0 Å². The molecule has 0 aromatic heterocycles. The molecule has 68 valence electrons. The third kappa shape index (κ3) is 2.73. The van der Waals surface area contributed by atoms with Crippen LogP contribution < -0.4 is 0 Å². The maximum absolute atomic E-state index is 9.48. The van der Waals surface area contributed by atoms with E-state index in [0.29, 0.717) is 0 Å². The molecule has 1 N–H and O–H groups in total. The van der Waals surface area contributed by atoms with E-state index in [1.54, 1.807) is 35.3 Å². The fraction of sp³-hybridized carbons (Fsp3) is 1.00. The van der Waals surface area contributed by atoms with Gasteiger partial charge in [0.05, 0.1) is 0 Å². The Morgan fingerprint density at radius 1 is 1.18 bits per heavy atom. The zero-order valence-corrected chi connectivity index (χ0v) is 9.61. The molecule has 0 saturated heterocycles. The Bertz CT molecular complexity index is 97.7. The number of aliphatic hydroxyl groups excluding tert-OH is 1. The molecule has 0 heterocycles. The molecule has 0 aromatic rings. The van der Waals surface area contributed by atoms with Gasteiger partial charge in [-0.25, -0.2) is 0 Å². The first-order valence-electron chi connectivity index (χ1n) is 3.03. The van der Waals surface area contributed by atoms with Crippen molar-refractivity contribution in [1.29, 1.82) is 0 Å². The van der Waals surface area contributed by atoms with Gasteiger partial charge in [0.1, 0.15) is 0 Å². The van der Waals surface area contributed by atoms with E-state index in [1.807, 2.05) is 18.8 Å². The lowest BCUT2D eigenvalue weighted by Crippen LogP contribution is -2.33. The Labute approximate surface area is 80.8 Å². The van der Waals surface area contributed by atoms with Crippen molar-refractivity contribution in [1.82, 2.24) is 0 Å². The molecule has 0 aliphatic heterocycles. The average molecular weight is 214 g/mol. The van der Waals surface area contributed by atoms with Crippen molar-refractivity contribution in [3.8, 4) is 0 Å². The quantitative estimate of drug-likeness (QED) is 0.704. The van der Waals surface area contributed by atoms with Crippen LogP contribution >= 0.6 is 35.3 Å². The third-order valence-electron chi connectivity index (χ3n) is 1.38. The van der Waals surface area contributed by atoms with Gasteiger partial charge in [0.15, 0.2) is 9.70 Å². The molecule has 0 radical (unpaired) electrons. The van der Waals surface area contributed by atoms with Crippen LogP contribution in [0.3, 0.4) is 0 Å². The first kappa shape index (κ1) is 12.0. The number of methoxy groups -OCH3 is 1. The van der Waals surface area contributed by atoms with Crippen molar-refractivity contribution in [2.75, 3.05) is 25.9 Å². The molecule has 1 unspecified atom stereocenters. The highest BCUT2D eigenvalue weighted by Crippen LogP contribution is 2.45. The highest BCUT2D eigenvalue weighted by molar-refractivity contribution is 8.33. The Morgan fingerprint density at radius 3 is 1.64 bits per heavy atom. The van der Waals surface area contributed by atoms with Gasteiger partial charge < -0.3 is 9.84 Å². The Kier molecular flexibility index (Phi) is 6.08. The smallest absolute Gasteiger partial charge is 0.187 e. The van der Waals surface area contributed by atoms with E-state index < -0.39 is 6.29 Å². The van der Waals surface area contributed by atoms with Gasteiger partial charge in [-0.05, 0) is 18.8 Å². The normalized spacial score (nSPS) is 15.0. The zero-order chi connectivity index (χ0) is 8.91. The van der Waals surface area contributed by atoms with Gasteiger partial charge in [-0.15, -0.1) is 35.3 Å². The topological polar surface area (TPSA) is 29.5 Å². The summed E-state index contributed by atoms with van der Waals surface area (Å²) in [6.45, 7) is 0. The van der Waals surface area contributed by atoms with Gasteiger partial charge in [0.25, 0.3) is 0 Å². The number of ether oxygens (including phenoxy) is 1. The van der Waals surface area contributed by atoms with Gasteiger partial charge in [0, 0.05) is 7.11 Å². The minimum Gasteiger partial charge on any atom is -0.365 e. The van der Waals surface area contributed by atoms with Crippen molar-refractivity contribution in [2.24, 2.45) is 0 Å². The first-order chi connectivity index (χ1) is 5.16. The molecule has 2 nitrogen and oxygen atoms in total. The highest BCUT2D eigenvalue weighted by atomic mass is 32.3. The van der Waals surface area contributed by atoms with E-state index in [-0.39, 0.29) is 3.41 Å². The molecule has 0 fully saturated rings. The summed E-state index contributed by atoms with van der Waals surface area (Å²) in [4.78, 5) is 0. The second kappa shape index (κ2) is 5.59. The standard InChI is InChI=1S/C6H14O2S3/c1-8-5(7)6(9-2,10-3)11-4/h5,7H,1-4H3. The van der Waals surface area contributed by atoms with Crippen molar-refractivity contribution in [3.05, 3.63) is 0 Å². The summed E-state index contributed by atoms with van der Waals surface area (Å²) in [5, 5.41) is 9.48.